The van der Waals surface area contributed by atoms with Crippen LogP contribution in [0.25, 0.3) is 6.08 Å². The summed E-state index contributed by atoms with van der Waals surface area (Å²) in [6.45, 7) is 2.62. The molecule has 33 heavy (non-hydrogen) atoms. The van der Waals surface area contributed by atoms with Crippen LogP contribution < -0.4 is 0 Å². The Morgan fingerprint density at radius 2 is 1.61 bits per heavy atom. The summed E-state index contributed by atoms with van der Waals surface area (Å²) in [7, 11) is -3.47. The number of benzene rings is 2. The summed E-state index contributed by atoms with van der Waals surface area (Å²) in [6, 6.07) is 14.2. The van der Waals surface area contributed by atoms with E-state index in [2.05, 4.69) is 0 Å². The van der Waals surface area contributed by atoms with Crippen molar-refractivity contribution in [3.63, 3.8) is 0 Å². The summed E-state index contributed by atoms with van der Waals surface area (Å²) in [5.41, 5.74) is 1.77. The van der Waals surface area contributed by atoms with E-state index in [1.165, 1.54) is 6.08 Å². The summed E-state index contributed by atoms with van der Waals surface area (Å²) in [5, 5.41) is 0.663. The van der Waals surface area contributed by atoms with Crippen LogP contribution in [0, 0.1) is 0 Å². The highest BCUT2D eigenvalue weighted by Crippen LogP contribution is 2.24. The highest BCUT2D eigenvalue weighted by atomic mass is 35.5. The molecule has 1 unspecified atom stereocenters. The van der Waals surface area contributed by atoms with Gasteiger partial charge in [-0.3, -0.25) is 4.79 Å². The van der Waals surface area contributed by atoms with Crippen molar-refractivity contribution in [1.29, 1.82) is 0 Å². The second-order valence-corrected chi connectivity index (χ2v) is 10.8. The number of carbonyl (C=O) groups excluding carboxylic acids is 1. The Labute approximate surface area is 200 Å². The molecule has 8 heteroatoms. The summed E-state index contributed by atoms with van der Waals surface area (Å²) < 4.78 is 33.3. The molecular formula is C25H29ClN2O4S. The fourth-order valence-electron chi connectivity index (χ4n) is 4.18. The van der Waals surface area contributed by atoms with Crippen molar-refractivity contribution in [2.24, 2.45) is 0 Å². The molecule has 0 bridgehead atoms. The average molecular weight is 489 g/mol. The number of sulfonamides is 1. The van der Waals surface area contributed by atoms with E-state index >= 15 is 0 Å². The number of rotatable bonds is 5. The molecule has 0 aromatic heterocycles. The zero-order valence-electron chi connectivity index (χ0n) is 18.5. The predicted octanol–water partition coefficient (Wildman–Crippen LogP) is 4.52. The third kappa shape index (κ3) is 6.03. The number of carbonyl (C=O) groups is 1. The lowest BCUT2D eigenvalue weighted by molar-refractivity contribution is -0.133. The largest absolute Gasteiger partial charge is 0.370 e. The summed E-state index contributed by atoms with van der Waals surface area (Å²) in [6.07, 6.45) is 7.03. The van der Waals surface area contributed by atoms with Crippen molar-refractivity contribution >= 4 is 33.6 Å². The third-order valence-electron chi connectivity index (χ3n) is 6.12. The molecule has 2 aromatic rings. The van der Waals surface area contributed by atoms with Crippen LogP contribution in [-0.4, -0.2) is 56.3 Å². The number of halogens is 1. The first-order valence-corrected chi connectivity index (χ1v) is 13.2. The first-order chi connectivity index (χ1) is 15.9. The molecule has 2 heterocycles. The van der Waals surface area contributed by atoms with E-state index in [1.54, 1.807) is 39.5 Å². The van der Waals surface area contributed by atoms with E-state index in [9.17, 15) is 13.2 Å². The van der Waals surface area contributed by atoms with Gasteiger partial charge in [0, 0.05) is 30.7 Å². The highest BCUT2D eigenvalue weighted by molar-refractivity contribution is 7.89. The quantitative estimate of drug-likeness (QED) is 0.580. The molecule has 0 N–H and O–H groups in total. The average Bonchev–Trinajstić information content (AvgIpc) is 3.14. The normalized spacial score (nSPS) is 20.6. The lowest BCUT2D eigenvalue weighted by Gasteiger charge is -2.32. The maximum absolute atomic E-state index is 12.9. The van der Waals surface area contributed by atoms with Crippen LogP contribution in [-0.2, 0) is 19.6 Å². The fourth-order valence-corrected chi connectivity index (χ4v) is 5.83. The number of nitrogens with zero attached hydrogens (tertiary/aromatic N) is 2. The molecule has 2 fully saturated rings. The molecule has 0 spiro atoms. The molecule has 2 aliphatic rings. The van der Waals surface area contributed by atoms with E-state index in [0.29, 0.717) is 42.7 Å². The smallest absolute Gasteiger partial charge is 0.246 e. The highest BCUT2D eigenvalue weighted by Gasteiger charge is 2.26. The van der Waals surface area contributed by atoms with Gasteiger partial charge in [-0.25, -0.2) is 8.42 Å². The summed E-state index contributed by atoms with van der Waals surface area (Å²) >= 11 is 5.96. The molecule has 4 rings (SSSR count). The van der Waals surface area contributed by atoms with Gasteiger partial charge in [0.05, 0.1) is 18.0 Å². The van der Waals surface area contributed by atoms with E-state index in [4.69, 9.17) is 16.3 Å². The molecule has 176 valence electrons. The summed E-state index contributed by atoms with van der Waals surface area (Å²) in [4.78, 5) is 14.8. The lowest BCUT2D eigenvalue weighted by Crippen LogP contribution is -2.41. The van der Waals surface area contributed by atoms with Gasteiger partial charge in [-0.05, 0) is 54.3 Å². The maximum Gasteiger partial charge on any atom is 0.246 e. The minimum absolute atomic E-state index is 0.0986. The molecule has 0 radical (unpaired) electrons. The van der Waals surface area contributed by atoms with Crippen molar-refractivity contribution in [2.75, 3.05) is 32.8 Å². The SMILES string of the molecule is O=C(C=Cc1ccc(S(=O)(=O)N2CCCCCC2)cc1)N1CCOC(c2ccc(Cl)cc2)C1. The molecule has 1 amide bonds. The van der Waals surface area contributed by atoms with Crippen molar-refractivity contribution in [3.05, 3.63) is 70.8 Å². The molecule has 6 nitrogen and oxygen atoms in total. The minimum Gasteiger partial charge on any atom is -0.370 e. The standard InChI is InChI=1S/C25H29ClN2O4S/c26-22-10-8-21(9-11-22)24-19-27(17-18-32-24)25(29)14-7-20-5-12-23(13-6-20)33(30,31)28-15-3-1-2-4-16-28/h5-14,24H,1-4,15-19H2. The monoisotopic (exact) mass is 488 g/mol. The second-order valence-electron chi connectivity index (χ2n) is 8.42. The summed E-state index contributed by atoms with van der Waals surface area (Å²) in [5.74, 6) is -0.0986. The van der Waals surface area contributed by atoms with E-state index in [1.807, 2.05) is 24.3 Å². The van der Waals surface area contributed by atoms with Gasteiger partial charge in [-0.2, -0.15) is 4.31 Å². The van der Waals surface area contributed by atoms with Gasteiger partial charge >= 0.3 is 0 Å². The van der Waals surface area contributed by atoms with Crippen LogP contribution in [0.3, 0.4) is 0 Å². The van der Waals surface area contributed by atoms with Crippen LogP contribution in [0.5, 0.6) is 0 Å². The number of morpholine rings is 1. The molecule has 2 saturated heterocycles. The fraction of sp³-hybridized carbons (Fsp3) is 0.400. The van der Waals surface area contributed by atoms with Crippen LogP contribution in [0.4, 0.5) is 0 Å². The lowest BCUT2D eigenvalue weighted by atomic mass is 10.1. The van der Waals surface area contributed by atoms with E-state index in [0.717, 1.165) is 36.8 Å². The number of hydrogen-bond donors (Lipinski definition) is 0. The Hall–Kier alpha value is -2.19. The molecule has 1 atom stereocenters. The maximum atomic E-state index is 12.9. The molecular weight excluding hydrogens is 460 g/mol. The van der Waals surface area contributed by atoms with E-state index in [-0.39, 0.29) is 12.0 Å². The van der Waals surface area contributed by atoms with Crippen LogP contribution in [0.15, 0.2) is 59.5 Å². The van der Waals surface area contributed by atoms with Crippen molar-refractivity contribution in [1.82, 2.24) is 9.21 Å². The number of amides is 1. The Morgan fingerprint density at radius 1 is 0.939 bits per heavy atom. The van der Waals surface area contributed by atoms with Crippen LogP contribution >= 0.6 is 11.6 Å². The number of ether oxygens (including phenoxy) is 1. The Kier molecular flexibility index (Phi) is 7.86. The van der Waals surface area contributed by atoms with Crippen molar-refractivity contribution in [2.45, 2.75) is 36.7 Å². The van der Waals surface area contributed by atoms with Gasteiger partial charge in [0.15, 0.2) is 0 Å². The zero-order chi connectivity index (χ0) is 23.3. The van der Waals surface area contributed by atoms with Crippen molar-refractivity contribution in [3.8, 4) is 0 Å². The van der Waals surface area contributed by atoms with Gasteiger partial charge < -0.3 is 9.64 Å². The minimum atomic E-state index is -3.47. The Bertz CT molecular complexity index is 1080. The Morgan fingerprint density at radius 3 is 2.27 bits per heavy atom. The van der Waals surface area contributed by atoms with Gasteiger partial charge in [-0.15, -0.1) is 0 Å². The van der Waals surface area contributed by atoms with Gasteiger partial charge in [0.25, 0.3) is 0 Å². The Balaban J connectivity index is 1.38. The van der Waals surface area contributed by atoms with E-state index < -0.39 is 10.0 Å². The third-order valence-corrected chi connectivity index (χ3v) is 8.29. The topological polar surface area (TPSA) is 66.9 Å². The predicted molar refractivity (Wildman–Crippen MR) is 129 cm³/mol. The van der Waals surface area contributed by atoms with Crippen LogP contribution in [0.1, 0.15) is 42.9 Å². The first-order valence-electron chi connectivity index (χ1n) is 11.4. The molecule has 2 aliphatic heterocycles. The molecule has 0 aliphatic carbocycles. The van der Waals surface area contributed by atoms with Gasteiger partial charge in [0.1, 0.15) is 6.10 Å². The number of hydrogen-bond acceptors (Lipinski definition) is 4. The first kappa shape index (κ1) is 24.0. The van der Waals surface area contributed by atoms with Gasteiger partial charge in [0.2, 0.25) is 15.9 Å². The second kappa shape index (κ2) is 10.8. The van der Waals surface area contributed by atoms with Gasteiger partial charge in [-0.1, -0.05) is 48.7 Å². The molecule has 2 aromatic carbocycles. The van der Waals surface area contributed by atoms with Crippen LogP contribution in [0.2, 0.25) is 5.02 Å². The van der Waals surface area contributed by atoms with Crippen molar-refractivity contribution < 1.29 is 17.9 Å². The zero-order valence-corrected chi connectivity index (χ0v) is 20.1. The molecule has 0 saturated carbocycles.